The number of halogens is 1. The summed E-state index contributed by atoms with van der Waals surface area (Å²) >= 11 is 7.82. The Morgan fingerprint density at radius 3 is 2.51 bits per heavy atom. The Labute approximate surface area is 224 Å². The highest BCUT2D eigenvalue weighted by molar-refractivity contribution is 7.22. The highest BCUT2D eigenvalue weighted by Gasteiger charge is 2.33. The molecule has 0 aliphatic carbocycles. The number of aromatic nitrogens is 3. The molecule has 0 radical (unpaired) electrons. The van der Waals surface area contributed by atoms with Gasteiger partial charge in [-0.15, -0.1) is 11.3 Å². The fourth-order valence-corrected chi connectivity index (χ4v) is 5.69. The van der Waals surface area contributed by atoms with E-state index < -0.39 is 17.7 Å². The molecular weight excluding hydrogens is 506 g/mol. The number of thiazole rings is 1. The van der Waals surface area contributed by atoms with Gasteiger partial charge in [0.15, 0.2) is 6.10 Å². The molecule has 0 fully saturated rings. The van der Waals surface area contributed by atoms with Crippen LogP contribution in [0.2, 0.25) is 5.02 Å². The van der Waals surface area contributed by atoms with Crippen LogP contribution in [0.15, 0.2) is 54.9 Å². The minimum Gasteiger partial charge on any atom is -0.464 e. The number of benzene rings is 3. The molecule has 1 N–H and O–H groups in total. The average Bonchev–Trinajstić information content (AvgIpc) is 3.48. The van der Waals surface area contributed by atoms with Crippen molar-refractivity contribution >= 4 is 50.2 Å². The lowest BCUT2D eigenvalue weighted by Crippen LogP contribution is -2.29. The van der Waals surface area contributed by atoms with Gasteiger partial charge in [-0.1, -0.05) is 23.7 Å². The summed E-state index contributed by atoms with van der Waals surface area (Å²) in [5, 5.41) is 1.52. The second-order valence-electron chi connectivity index (χ2n) is 9.85. The molecule has 2 aromatic heterocycles. The normalized spacial score (nSPS) is 12.8. The van der Waals surface area contributed by atoms with E-state index in [1.807, 2.05) is 70.2 Å². The lowest BCUT2D eigenvalue weighted by molar-refractivity contribution is -0.166. The van der Waals surface area contributed by atoms with Crippen LogP contribution in [-0.4, -0.2) is 33.1 Å². The molecule has 3 aromatic carbocycles. The standard InChI is InChI=1S/C29H28ClN3O3S/c1-6-35-28(34)25(36-29(3,4)5)23-16(2)13-22-26(24(23)17-7-10-19(30)11-8-17)37-27(33-22)18-9-12-20-21(14-18)32-15-31-20/h7-15,25H,6H2,1-5H3,(H,31,32). The molecule has 0 saturated carbocycles. The molecule has 0 amide bonds. The first kappa shape index (κ1) is 25.4. The summed E-state index contributed by atoms with van der Waals surface area (Å²) in [5.74, 6) is -0.412. The van der Waals surface area contributed by atoms with Crippen LogP contribution >= 0.6 is 22.9 Å². The maximum absolute atomic E-state index is 13.3. The van der Waals surface area contributed by atoms with E-state index in [1.165, 1.54) is 0 Å². The van der Waals surface area contributed by atoms with Crippen molar-refractivity contribution in [1.82, 2.24) is 15.0 Å². The van der Waals surface area contributed by atoms with Gasteiger partial charge in [0.1, 0.15) is 5.01 Å². The second-order valence-corrected chi connectivity index (χ2v) is 11.3. The predicted octanol–water partition coefficient (Wildman–Crippen LogP) is 7.89. The molecule has 8 heteroatoms. The number of aromatic amines is 1. The maximum atomic E-state index is 13.3. The van der Waals surface area contributed by atoms with Crippen LogP contribution in [-0.2, 0) is 14.3 Å². The molecule has 0 spiro atoms. The van der Waals surface area contributed by atoms with E-state index in [0.29, 0.717) is 5.02 Å². The number of nitrogens with zero attached hydrogens (tertiary/aromatic N) is 2. The van der Waals surface area contributed by atoms with Crippen LogP contribution in [0.3, 0.4) is 0 Å². The summed E-state index contributed by atoms with van der Waals surface area (Å²) in [6.07, 6.45) is 0.785. The fourth-order valence-electron chi connectivity index (χ4n) is 4.44. The van der Waals surface area contributed by atoms with Crippen LogP contribution < -0.4 is 0 Å². The Balaban J connectivity index is 1.78. The lowest BCUT2D eigenvalue weighted by Gasteiger charge is -2.29. The first-order valence-corrected chi connectivity index (χ1v) is 13.3. The van der Waals surface area contributed by atoms with Crippen molar-refractivity contribution in [2.24, 2.45) is 0 Å². The van der Waals surface area contributed by atoms with Crippen molar-refractivity contribution in [2.75, 3.05) is 6.61 Å². The quantitative estimate of drug-likeness (QED) is 0.224. The Hall–Kier alpha value is -3.26. The highest BCUT2D eigenvalue weighted by atomic mass is 35.5. The summed E-state index contributed by atoms with van der Waals surface area (Å²) in [6.45, 7) is 9.86. The number of H-pyrrole nitrogens is 1. The molecule has 1 unspecified atom stereocenters. The number of fused-ring (bicyclic) bond motifs is 2. The van der Waals surface area contributed by atoms with Crippen molar-refractivity contribution in [2.45, 2.75) is 46.3 Å². The van der Waals surface area contributed by atoms with Crippen molar-refractivity contribution in [3.8, 4) is 21.7 Å². The maximum Gasteiger partial charge on any atom is 0.339 e. The summed E-state index contributed by atoms with van der Waals surface area (Å²) in [6, 6.07) is 15.7. The third-order valence-electron chi connectivity index (χ3n) is 5.96. The van der Waals surface area contributed by atoms with E-state index in [4.69, 9.17) is 26.1 Å². The van der Waals surface area contributed by atoms with Crippen LogP contribution in [0.4, 0.5) is 0 Å². The molecule has 0 bridgehead atoms. The zero-order valence-corrected chi connectivity index (χ0v) is 23.0. The number of hydrogen-bond acceptors (Lipinski definition) is 6. The van der Waals surface area contributed by atoms with Crippen molar-refractivity contribution in [3.63, 3.8) is 0 Å². The van der Waals surface area contributed by atoms with E-state index in [0.717, 1.165) is 54.1 Å². The van der Waals surface area contributed by atoms with Gasteiger partial charge in [0.25, 0.3) is 0 Å². The van der Waals surface area contributed by atoms with E-state index >= 15 is 0 Å². The lowest BCUT2D eigenvalue weighted by atomic mass is 9.91. The van der Waals surface area contributed by atoms with Gasteiger partial charge in [-0.25, -0.2) is 14.8 Å². The number of rotatable bonds is 6. The molecule has 0 aliphatic rings. The van der Waals surface area contributed by atoms with Gasteiger partial charge in [0, 0.05) is 21.7 Å². The zero-order valence-electron chi connectivity index (χ0n) is 21.4. The van der Waals surface area contributed by atoms with E-state index in [-0.39, 0.29) is 6.61 Å². The summed E-state index contributed by atoms with van der Waals surface area (Å²) in [5.41, 5.74) is 6.65. The monoisotopic (exact) mass is 533 g/mol. The van der Waals surface area contributed by atoms with Gasteiger partial charge in [0.2, 0.25) is 0 Å². The molecule has 2 heterocycles. The first-order chi connectivity index (χ1) is 17.6. The predicted molar refractivity (Wildman–Crippen MR) is 150 cm³/mol. The topological polar surface area (TPSA) is 77.1 Å². The number of imidazole rings is 1. The van der Waals surface area contributed by atoms with E-state index in [2.05, 4.69) is 16.0 Å². The van der Waals surface area contributed by atoms with Crippen molar-refractivity contribution < 1.29 is 14.3 Å². The Kier molecular flexibility index (Phi) is 6.79. The highest BCUT2D eigenvalue weighted by Crippen LogP contribution is 2.44. The first-order valence-electron chi connectivity index (χ1n) is 12.1. The summed E-state index contributed by atoms with van der Waals surface area (Å²) in [7, 11) is 0. The Morgan fingerprint density at radius 2 is 1.81 bits per heavy atom. The van der Waals surface area contributed by atoms with Gasteiger partial charge in [-0.2, -0.15) is 0 Å². The minimum absolute atomic E-state index is 0.265. The zero-order chi connectivity index (χ0) is 26.3. The van der Waals surface area contributed by atoms with Crippen LogP contribution in [0, 0.1) is 6.92 Å². The number of aryl methyl sites for hydroxylation is 1. The van der Waals surface area contributed by atoms with Crippen LogP contribution in [0.5, 0.6) is 0 Å². The Morgan fingerprint density at radius 1 is 1.08 bits per heavy atom. The average molecular weight is 534 g/mol. The van der Waals surface area contributed by atoms with Gasteiger partial charge in [-0.3, -0.25) is 0 Å². The molecule has 6 nitrogen and oxygen atoms in total. The number of carbonyl (C=O) groups excluding carboxylic acids is 1. The number of esters is 1. The van der Waals surface area contributed by atoms with E-state index in [9.17, 15) is 4.79 Å². The molecule has 5 aromatic rings. The molecular formula is C29H28ClN3O3S. The van der Waals surface area contributed by atoms with E-state index in [1.54, 1.807) is 24.6 Å². The molecule has 0 saturated heterocycles. The third kappa shape index (κ3) is 5.12. The minimum atomic E-state index is -0.901. The summed E-state index contributed by atoms with van der Waals surface area (Å²) < 4.78 is 12.8. The Bertz CT molecular complexity index is 1600. The molecule has 1 atom stereocenters. The van der Waals surface area contributed by atoms with Crippen molar-refractivity contribution in [1.29, 1.82) is 0 Å². The number of ether oxygens (including phenoxy) is 2. The van der Waals surface area contributed by atoms with Crippen LogP contribution in [0.25, 0.3) is 42.9 Å². The van der Waals surface area contributed by atoms with Gasteiger partial charge in [-0.05, 0) is 82.1 Å². The van der Waals surface area contributed by atoms with Gasteiger partial charge < -0.3 is 14.5 Å². The molecule has 190 valence electrons. The fraction of sp³-hybridized carbons (Fsp3) is 0.276. The smallest absolute Gasteiger partial charge is 0.339 e. The van der Waals surface area contributed by atoms with Gasteiger partial charge in [0.05, 0.1) is 39.8 Å². The summed E-state index contributed by atoms with van der Waals surface area (Å²) in [4.78, 5) is 25.8. The second kappa shape index (κ2) is 9.89. The van der Waals surface area contributed by atoms with Gasteiger partial charge >= 0.3 is 5.97 Å². The van der Waals surface area contributed by atoms with Crippen molar-refractivity contribution in [3.05, 3.63) is 71.0 Å². The third-order valence-corrected chi connectivity index (χ3v) is 7.35. The molecule has 0 aliphatic heterocycles. The number of hydrogen-bond donors (Lipinski definition) is 1. The number of nitrogens with one attached hydrogen (secondary N) is 1. The molecule has 5 rings (SSSR count). The largest absolute Gasteiger partial charge is 0.464 e. The SMILES string of the molecule is CCOC(=O)C(OC(C)(C)C)c1c(C)cc2nc(-c3ccc4nc[nH]c4c3)sc2c1-c1ccc(Cl)cc1. The molecule has 37 heavy (non-hydrogen) atoms. The van der Waals surface area contributed by atoms with Crippen LogP contribution in [0.1, 0.15) is 44.9 Å². The number of carbonyl (C=O) groups is 1.